The fraction of sp³-hybridized carbons (Fsp3) is 0.317. The third kappa shape index (κ3) is 8.83. The number of carbonyl (C=O) groups excluding carboxylic acids is 1. The standard InChI is InChI=1S/C41H40F5N3O3S/c1-27(28-10-12-29(13-11-28)30-14-16-32(17-15-30)41(44,45)46)49(33-18-20-47(21-19-33)22-23-52-2)38(51)25-48-36-9-4-3-7-34(36)37(50)24-39(48)53-26-31-6-5-8-35(42)40(31)43/h3-17,24,27,33H,18-23,25-26H2,1-2H3/i23D2,27D. The fourth-order valence-electron chi connectivity index (χ4n) is 6.66. The van der Waals surface area contributed by atoms with E-state index in [4.69, 9.17) is 7.48 Å². The van der Waals surface area contributed by atoms with Crippen LogP contribution in [0.25, 0.3) is 22.0 Å². The van der Waals surface area contributed by atoms with Gasteiger partial charge in [0, 0.05) is 55.6 Å². The molecular weight excluding hydrogens is 710 g/mol. The lowest BCUT2D eigenvalue weighted by atomic mass is 9.96. The van der Waals surface area contributed by atoms with Crippen LogP contribution in [0.3, 0.4) is 0 Å². The van der Waals surface area contributed by atoms with Crippen molar-refractivity contribution in [2.75, 3.05) is 33.3 Å². The summed E-state index contributed by atoms with van der Waals surface area (Å²) in [5.41, 5.74) is 1.05. The molecule has 6 rings (SSSR count). The van der Waals surface area contributed by atoms with Gasteiger partial charge in [-0.2, -0.15) is 13.2 Å². The summed E-state index contributed by atoms with van der Waals surface area (Å²) in [7, 11) is 1.30. The third-order valence-electron chi connectivity index (χ3n) is 9.51. The topological polar surface area (TPSA) is 54.8 Å². The van der Waals surface area contributed by atoms with Crippen molar-refractivity contribution in [1.82, 2.24) is 14.4 Å². The number of benzene rings is 4. The van der Waals surface area contributed by atoms with E-state index < -0.39 is 47.9 Å². The van der Waals surface area contributed by atoms with Crippen molar-refractivity contribution >= 4 is 28.6 Å². The van der Waals surface area contributed by atoms with Crippen LogP contribution < -0.4 is 5.43 Å². The molecule has 53 heavy (non-hydrogen) atoms. The lowest BCUT2D eigenvalue weighted by Gasteiger charge is -2.42. The van der Waals surface area contributed by atoms with Crippen molar-refractivity contribution in [1.29, 1.82) is 0 Å². The molecule has 1 atom stereocenters. The van der Waals surface area contributed by atoms with E-state index in [2.05, 4.69) is 0 Å². The largest absolute Gasteiger partial charge is 0.416 e. The molecule has 4 aromatic carbocycles. The molecule has 0 radical (unpaired) electrons. The van der Waals surface area contributed by atoms with E-state index in [1.54, 1.807) is 60.0 Å². The van der Waals surface area contributed by atoms with E-state index in [0.29, 0.717) is 58.6 Å². The molecular formula is C41H40F5N3O3S. The lowest BCUT2D eigenvalue weighted by Crippen LogP contribution is -2.49. The van der Waals surface area contributed by atoms with Gasteiger partial charge in [0.1, 0.15) is 6.54 Å². The minimum atomic E-state index is -4.48. The summed E-state index contributed by atoms with van der Waals surface area (Å²) in [6.07, 6.45) is -3.65. The Labute approximate surface area is 313 Å². The number of carbonyl (C=O) groups is 1. The van der Waals surface area contributed by atoms with Gasteiger partial charge in [-0.3, -0.25) is 9.59 Å². The number of halogens is 5. The number of fused-ring (bicyclic) bond motifs is 1. The molecule has 1 unspecified atom stereocenters. The molecule has 1 aliphatic rings. The number of piperidine rings is 1. The summed E-state index contributed by atoms with van der Waals surface area (Å²) in [4.78, 5) is 31.5. The molecule has 1 fully saturated rings. The molecule has 0 bridgehead atoms. The first kappa shape index (κ1) is 34.3. The smallest absolute Gasteiger partial charge is 0.383 e. The molecule has 0 aliphatic carbocycles. The number of hydrogen-bond donors (Lipinski definition) is 0. The van der Waals surface area contributed by atoms with Gasteiger partial charge in [-0.05, 0) is 66.8 Å². The van der Waals surface area contributed by atoms with Gasteiger partial charge in [-0.15, -0.1) is 11.8 Å². The minimum Gasteiger partial charge on any atom is -0.383 e. The van der Waals surface area contributed by atoms with Gasteiger partial charge in [-0.25, -0.2) is 8.78 Å². The van der Waals surface area contributed by atoms with E-state index in [1.807, 2.05) is 4.90 Å². The number of alkyl halides is 3. The van der Waals surface area contributed by atoms with E-state index in [1.165, 1.54) is 42.3 Å². The highest BCUT2D eigenvalue weighted by Crippen LogP contribution is 2.34. The van der Waals surface area contributed by atoms with Gasteiger partial charge < -0.3 is 19.1 Å². The Kier molecular flexibility index (Phi) is 10.8. The first-order valence-electron chi connectivity index (χ1n) is 18.5. The predicted molar refractivity (Wildman–Crippen MR) is 198 cm³/mol. The maximum atomic E-state index is 14.8. The second kappa shape index (κ2) is 16.7. The number of thioether (sulfide) groups is 1. The Morgan fingerprint density at radius 2 is 1.64 bits per heavy atom. The highest BCUT2D eigenvalue weighted by Gasteiger charge is 2.33. The zero-order chi connectivity index (χ0) is 40.4. The zero-order valence-corrected chi connectivity index (χ0v) is 29.9. The molecule has 1 amide bonds. The quantitative estimate of drug-likeness (QED) is 0.0942. The molecule has 1 aromatic heterocycles. The zero-order valence-electron chi connectivity index (χ0n) is 32.1. The Morgan fingerprint density at radius 1 is 0.981 bits per heavy atom. The number of ether oxygens (including phenoxy) is 1. The molecule has 0 spiro atoms. The van der Waals surface area contributed by atoms with Crippen LogP contribution in [0.4, 0.5) is 22.0 Å². The summed E-state index contributed by atoms with van der Waals surface area (Å²) < 4.78 is 101. The van der Waals surface area contributed by atoms with E-state index in [9.17, 15) is 32.9 Å². The summed E-state index contributed by atoms with van der Waals surface area (Å²) in [6.45, 7) is 0.265. The third-order valence-corrected chi connectivity index (χ3v) is 10.6. The van der Waals surface area contributed by atoms with Crippen LogP contribution in [-0.2, 0) is 28.0 Å². The van der Waals surface area contributed by atoms with Crippen LogP contribution in [-0.4, -0.2) is 59.6 Å². The van der Waals surface area contributed by atoms with E-state index >= 15 is 0 Å². The second-order valence-electron chi connectivity index (χ2n) is 12.8. The van der Waals surface area contributed by atoms with Crippen LogP contribution in [0.1, 0.15) is 46.6 Å². The van der Waals surface area contributed by atoms with Gasteiger partial charge in [0.2, 0.25) is 5.91 Å². The van der Waals surface area contributed by atoms with Crippen molar-refractivity contribution in [2.45, 2.75) is 55.3 Å². The van der Waals surface area contributed by atoms with Crippen molar-refractivity contribution in [2.24, 2.45) is 0 Å². The number of amides is 1. The molecule has 12 heteroatoms. The Morgan fingerprint density at radius 3 is 2.30 bits per heavy atom. The molecule has 278 valence electrons. The SMILES string of the molecule is [2H]C([2H])(CN1CCC(N(C(=O)Cn2c(SCc3cccc(F)c3F)cc(=O)c3ccccc32)C([2H])(C)c2ccc(-c3ccc(C(F)(F)F)cc3)cc2)CC1)OC. The second-order valence-corrected chi connectivity index (χ2v) is 13.8. The van der Waals surface area contributed by atoms with Crippen LogP contribution in [0.5, 0.6) is 0 Å². The maximum Gasteiger partial charge on any atom is 0.416 e. The van der Waals surface area contributed by atoms with E-state index in [0.717, 1.165) is 30.0 Å². The van der Waals surface area contributed by atoms with Gasteiger partial charge >= 0.3 is 6.18 Å². The average Bonchev–Trinajstić information content (AvgIpc) is 3.17. The van der Waals surface area contributed by atoms with Crippen molar-refractivity contribution < 1.29 is 35.6 Å². The summed E-state index contributed by atoms with van der Waals surface area (Å²) in [5, 5.41) is 0.691. The van der Waals surface area contributed by atoms with Crippen molar-refractivity contribution in [3.8, 4) is 11.1 Å². The number of likely N-dealkylation sites (tertiary alicyclic amines) is 1. The molecule has 0 N–H and O–H groups in total. The number of rotatable bonds is 12. The molecule has 1 saturated heterocycles. The first-order valence-corrected chi connectivity index (χ1v) is 18.0. The highest BCUT2D eigenvalue weighted by molar-refractivity contribution is 7.98. The number of aromatic nitrogens is 1. The molecule has 6 nitrogen and oxygen atoms in total. The predicted octanol–water partition coefficient (Wildman–Crippen LogP) is 8.96. The fourth-order valence-corrected chi connectivity index (χ4v) is 7.70. The summed E-state index contributed by atoms with van der Waals surface area (Å²) >= 11 is 1.08. The minimum absolute atomic E-state index is 0.0175. The van der Waals surface area contributed by atoms with Crippen LogP contribution in [0.2, 0.25) is 0 Å². The number of methoxy groups -OCH3 is 1. The van der Waals surface area contributed by atoms with Crippen LogP contribution in [0.15, 0.2) is 107 Å². The summed E-state index contributed by atoms with van der Waals surface area (Å²) in [6, 6.07) is 21.3. The maximum absolute atomic E-state index is 14.8. The monoisotopic (exact) mass is 752 g/mol. The van der Waals surface area contributed by atoms with Gasteiger partial charge in [0.25, 0.3) is 0 Å². The molecule has 1 aliphatic heterocycles. The van der Waals surface area contributed by atoms with Gasteiger partial charge in [0.15, 0.2) is 17.1 Å². The number of pyridine rings is 1. The average molecular weight is 753 g/mol. The molecule has 0 saturated carbocycles. The number of nitrogens with zero attached hydrogens (tertiary/aromatic N) is 3. The molecule has 2 heterocycles. The van der Waals surface area contributed by atoms with Crippen molar-refractivity contribution in [3.05, 3.63) is 136 Å². The van der Waals surface area contributed by atoms with Crippen LogP contribution in [0, 0.1) is 11.6 Å². The van der Waals surface area contributed by atoms with Crippen molar-refractivity contribution in [3.63, 3.8) is 0 Å². The Hall–Kier alpha value is -4.52. The Bertz CT molecular complexity index is 2240. The Balaban J connectivity index is 1.35. The van der Waals surface area contributed by atoms with Gasteiger partial charge in [0.05, 0.1) is 32.8 Å². The first-order chi connectivity index (χ1) is 26.5. The highest BCUT2D eigenvalue weighted by atomic mass is 32.2. The number of para-hydroxylation sites is 1. The molecule has 5 aromatic rings. The summed E-state index contributed by atoms with van der Waals surface area (Å²) in [5.74, 6) is -2.49. The van der Waals surface area contributed by atoms with E-state index in [-0.39, 0.29) is 29.8 Å². The number of hydrogen-bond acceptors (Lipinski definition) is 5. The lowest BCUT2D eigenvalue weighted by molar-refractivity contribution is -0.138. The van der Waals surface area contributed by atoms with Crippen LogP contribution >= 0.6 is 11.8 Å². The van der Waals surface area contributed by atoms with Gasteiger partial charge in [-0.1, -0.05) is 60.7 Å². The normalized spacial score (nSPS) is 16.5.